The SMILES string of the molecule is CC(C)(C)C(C)(O)Cc1ccc(F)cc1Br. The Morgan fingerprint density at radius 3 is 2.25 bits per heavy atom. The molecule has 0 bridgehead atoms. The Kier molecular flexibility index (Phi) is 3.80. The largest absolute Gasteiger partial charge is 0.389 e. The molecule has 0 radical (unpaired) electrons. The third-order valence-corrected chi connectivity index (χ3v) is 3.90. The molecule has 0 aliphatic carbocycles. The molecule has 16 heavy (non-hydrogen) atoms. The molecule has 0 saturated heterocycles. The Hall–Kier alpha value is -0.410. The Balaban J connectivity index is 2.97. The zero-order valence-electron chi connectivity index (χ0n) is 10.1. The molecule has 1 N–H and O–H groups in total. The molecule has 1 aromatic rings. The van der Waals surface area contributed by atoms with Gasteiger partial charge in [0.05, 0.1) is 5.60 Å². The van der Waals surface area contributed by atoms with Crippen LogP contribution in [0.15, 0.2) is 22.7 Å². The predicted octanol–water partition coefficient (Wildman–Crippen LogP) is 3.93. The third-order valence-electron chi connectivity index (χ3n) is 3.17. The molecule has 0 amide bonds. The summed E-state index contributed by atoms with van der Waals surface area (Å²) >= 11 is 3.32. The summed E-state index contributed by atoms with van der Waals surface area (Å²) in [7, 11) is 0. The summed E-state index contributed by atoms with van der Waals surface area (Å²) in [5.41, 5.74) is -0.130. The summed E-state index contributed by atoms with van der Waals surface area (Å²) in [4.78, 5) is 0. The standard InChI is InChI=1S/C13H18BrFO/c1-12(2,3)13(4,16)8-9-5-6-10(15)7-11(9)14/h5-7,16H,8H2,1-4H3. The average Bonchev–Trinajstić information content (AvgIpc) is 2.08. The van der Waals surface area contributed by atoms with E-state index in [-0.39, 0.29) is 11.2 Å². The number of hydrogen-bond acceptors (Lipinski definition) is 1. The molecule has 0 spiro atoms. The van der Waals surface area contributed by atoms with Crippen molar-refractivity contribution in [1.82, 2.24) is 0 Å². The second kappa shape index (κ2) is 4.46. The zero-order valence-corrected chi connectivity index (χ0v) is 11.7. The highest BCUT2D eigenvalue weighted by atomic mass is 79.9. The van der Waals surface area contributed by atoms with Gasteiger partial charge >= 0.3 is 0 Å². The minimum Gasteiger partial charge on any atom is -0.389 e. The van der Waals surface area contributed by atoms with E-state index >= 15 is 0 Å². The highest BCUT2D eigenvalue weighted by molar-refractivity contribution is 9.10. The maximum atomic E-state index is 12.9. The molecule has 1 nitrogen and oxygen atoms in total. The van der Waals surface area contributed by atoms with E-state index in [0.29, 0.717) is 10.9 Å². The highest BCUT2D eigenvalue weighted by Crippen LogP contribution is 2.34. The van der Waals surface area contributed by atoms with Gasteiger partial charge in [-0.1, -0.05) is 42.8 Å². The predicted molar refractivity (Wildman–Crippen MR) is 67.9 cm³/mol. The lowest BCUT2D eigenvalue weighted by Crippen LogP contribution is -2.41. The van der Waals surface area contributed by atoms with E-state index in [1.54, 1.807) is 6.07 Å². The summed E-state index contributed by atoms with van der Waals surface area (Å²) in [6.45, 7) is 7.78. The number of benzene rings is 1. The summed E-state index contributed by atoms with van der Waals surface area (Å²) in [5, 5.41) is 10.4. The van der Waals surface area contributed by atoms with Crippen LogP contribution in [-0.4, -0.2) is 10.7 Å². The molecule has 1 unspecified atom stereocenters. The van der Waals surface area contributed by atoms with E-state index in [2.05, 4.69) is 15.9 Å². The van der Waals surface area contributed by atoms with Crippen LogP contribution in [-0.2, 0) is 6.42 Å². The normalized spacial score (nSPS) is 15.9. The van der Waals surface area contributed by atoms with Gasteiger partial charge in [-0.2, -0.15) is 0 Å². The molecule has 0 aliphatic heterocycles. The first-order valence-corrected chi connectivity index (χ1v) is 6.09. The molecule has 0 fully saturated rings. The van der Waals surface area contributed by atoms with Gasteiger partial charge in [0.1, 0.15) is 5.82 Å². The smallest absolute Gasteiger partial charge is 0.124 e. The average molecular weight is 289 g/mol. The molecule has 0 heterocycles. The summed E-state index contributed by atoms with van der Waals surface area (Å²) in [5.74, 6) is -0.272. The lowest BCUT2D eigenvalue weighted by atomic mass is 9.74. The van der Waals surface area contributed by atoms with Crippen LogP contribution in [0.3, 0.4) is 0 Å². The van der Waals surface area contributed by atoms with Crippen LogP contribution < -0.4 is 0 Å². The van der Waals surface area contributed by atoms with Crippen molar-refractivity contribution in [2.75, 3.05) is 0 Å². The van der Waals surface area contributed by atoms with Crippen LogP contribution in [0.2, 0.25) is 0 Å². The molecule has 1 rings (SSSR count). The first-order chi connectivity index (χ1) is 7.13. The van der Waals surface area contributed by atoms with E-state index in [4.69, 9.17) is 0 Å². The first-order valence-electron chi connectivity index (χ1n) is 5.30. The molecule has 3 heteroatoms. The Morgan fingerprint density at radius 1 is 1.25 bits per heavy atom. The second-order valence-corrected chi connectivity index (χ2v) is 6.29. The van der Waals surface area contributed by atoms with Crippen molar-refractivity contribution in [2.24, 2.45) is 5.41 Å². The van der Waals surface area contributed by atoms with Gasteiger partial charge in [-0.25, -0.2) is 4.39 Å². The van der Waals surface area contributed by atoms with Crippen LogP contribution in [0.5, 0.6) is 0 Å². The van der Waals surface area contributed by atoms with Gasteiger partial charge < -0.3 is 5.11 Å². The Labute approximate surface area is 105 Å². The zero-order chi connectivity index (χ0) is 12.6. The molecule has 0 aromatic heterocycles. The first kappa shape index (κ1) is 13.7. The van der Waals surface area contributed by atoms with Gasteiger partial charge in [-0.3, -0.25) is 0 Å². The van der Waals surface area contributed by atoms with Crippen LogP contribution >= 0.6 is 15.9 Å². The van der Waals surface area contributed by atoms with Crippen molar-refractivity contribution in [3.05, 3.63) is 34.1 Å². The van der Waals surface area contributed by atoms with Crippen molar-refractivity contribution in [1.29, 1.82) is 0 Å². The molecule has 1 atom stereocenters. The number of halogens is 2. The summed E-state index contributed by atoms with van der Waals surface area (Å²) in [6, 6.07) is 4.55. The minimum atomic E-state index is -0.826. The Bertz CT molecular complexity index is 380. The summed E-state index contributed by atoms with van der Waals surface area (Å²) in [6.07, 6.45) is 0.497. The van der Waals surface area contributed by atoms with Gasteiger partial charge in [0.2, 0.25) is 0 Å². The van der Waals surface area contributed by atoms with Crippen molar-refractivity contribution in [3.63, 3.8) is 0 Å². The van der Waals surface area contributed by atoms with Crippen molar-refractivity contribution >= 4 is 15.9 Å². The van der Waals surface area contributed by atoms with Gasteiger partial charge in [0, 0.05) is 10.9 Å². The van der Waals surface area contributed by atoms with Gasteiger partial charge in [-0.05, 0) is 30.0 Å². The summed E-state index contributed by atoms with van der Waals surface area (Å²) < 4.78 is 13.6. The van der Waals surface area contributed by atoms with Crippen molar-refractivity contribution in [2.45, 2.75) is 39.7 Å². The minimum absolute atomic E-state index is 0.221. The van der Waals surface area contributed by atoms with Gasteiger partial charge in [0.15, 0.2) is 0 Å². The fraction of sp³-hybridized carbons (Fsp3) is 0.538. The van der Waals surface area contributed by atoms with Crippen molar-refractivity contribution in [3.8, 4) is 0 Å². The monoisotopic (exact) mass is 288 g/mol. The fourth-order valence-corrected chi connectivity index (χ4v) is 1.79. The maximum Gasteiger partial charge on any atom is 0.124 e. The van der Waals surface area contributed by atoms with Gasteiger partial charge in [-0.15, -0.1) is 0 Å². The van der Waals surface area contributed by atoms with Crippen molar-refractivity contribution < 1.29 is 9.50 Å². The Morgan fingerprint density at radius 2 is 1.81 bits per heavy atom. The van der Waals surface area contributed by atoms with E-state index in [9.17, 15) is 9.50 Å². The number of aliphatic hydroxyl groups is 1. The quantitative estimate of drug-likeness (QED) is 0.874. The van der Waals surface area contributed by atoms with Crippen LogP contribution in [0.25, 0.3) is 0 Å². The second-order valence-electron chi connectivity index (χ2n) is 5.44. The third kappa shape index (κ3) is 3.05. The van der Waals surface area contributed by atoms with Crippen LogP contribution in [0.4, 0.5) is 4.39 Å². The molecular formula is C13H18BrFO. The molecule has 90 valence electrons. The molecule has 0 saturated carbocycles. The topological polar surface area (TPSA) is 20.2 Å². The lowest BCUT2D eigenvalue weighted by Gasteiger charge is -2.37. The lowest BCUT2D eigenvalue weighted by molar-refractivity contribution is -0.0406. The van der Waals surface area contributed by atoms with Gasteiger partial charge in [0.25, 0.3) is 0 Å². The van der Waals surface area contributed by atoms with E-state index in [0.717, 1.165) is 5.56 Å². The van der Waals surface area contributed by atoms with Crippen LogP contribution in [0.1, 0.15) is 33.3 Å². The molecular weight excluding hydrogens is 271 g/mol. The number of rotatable bonds is 2. The molecule has 0 aliphatic rings. The molecule has 1 aromatic carbocycles. The number of hydrogen-bond donors (Lipinski definition) is 1. The van der Waals surface area contributed by atoms with E-state index < -0.39 is 5.60 Å². The fourth-order valence-electron chi connectivity index (χ4n) is 1.30. The highest BCUT2D eigenvalue weighted by Gasteiger charge is 2.35. The van der Waals surface area contributed by atoms with Crippen LogP contribution in [0, 0.1) is 11.2 Å². The van der Waals surface area contributed by atoms with E-state index in [1.807, 2.05) is 27.7 Å². The van der Waals surface area contributed by atoms with E-state index in [1.165, 1.54) is 12.1 Å². The maximum absolute atomic E-state index is 12.9.